The van der Waals surface area contributed by atoms with Crippen LogP contribution in [0.15, 0.2) is 64.6 Å². The lowest BCUT2D eigenvalue weighted by molar-refractivity contribution is -0.384. The molecule has 1 N–H and O–H groups in total. The van der Waals surface area contributed by atoms with Crippen LogP contribution >= 0.6 is 27.3 Å². The lowest BCUT2D eigenvalue weighted by atomic mass is 10.1. The van der Waals surface area contributed by atoms with Gasteiger partial charge in [-0.15, -0.1) is 11.3 Å². The Hall–Kier alpha value is -3.57. The van der Waals surface area contributed by atoms with Gasteiger partial charge in [-0.2, -0.15) is 0 Å². The highest BCUT2D eigenvalue weighted by Crippen LogP contribution is 2.28. The minimum atomic E-state index is -0.646. The molecule has 0 aliphatic heterocycles. The highest BCUT2D eigenvalue weighted by molar-refractivity contribution is 9.10. The molecule has 4 rings (SSSR count). The van der Waals surface area contributed by atoms with Crippen LogP contribution in [0.5, 0.6) is 0 Å². The van der Waals surface area contributed by atoms with E-state index in [4.69, 9.17) is 4.74 Å². The van der Waals surface area contributed by atoms with E-state index < -0.39 is 23.4 Å². The SMILES string of the molecule is O=C(COC(=O)Cc1cccc([N+](=O)[O-])c1)NCc1cnc2scc(-c3ccc(Br)cc3)n12. The number of nitro benzene ring substituents is 1. The van der Waals surface area contributed by atoms with Gasteiger partial charge >= 0.3 is 5.97 Å². The number of benzene rings is 2. The predicted octanol–water partition coefficient (Wildman–Crippen LogP) is 4.14. The average Bonchev–Trinajstić information content (AvgIpc) is 3.40. The zero-order valence-corrected chi connectivity index (χ0v) is 19.5. The molecule has 0 radical (unpaired) electrons. The van der Waals surface area contributed by atoms with Crippen LogP contribution in [0.2, 0.25) is 0 Å². The summed E-state index contributed by atoms with van der Waals surface area (Å²) < 4.78 is 7.97. The fourth-order valence-electron chi connectivity index (χ4n) is 3.20. The predicted molar refractivity (Wildman–Crippen MR) is 126 cm³/mol. The Kier molecular flexibility index (Phi) is 6.80. The van der Waals surface area contributed by atoms with Crippen molar-refractivity contribution in [3.63, 3.8) is 0 Å². The summed E-state index contributed by atoms with van der Waals surface area (Å²) in [7, 11) is 0. The molecule has 0 aliphatic rings. The number of thiazole rings is 1. The number of amides is 1. The first kappa shape index (κ1) is 22.6. The largest absolute Gasteiger partial charge is 0.455 e. The Bertz CT molecular complexity index is 1330. The monoisotopic (exact) mass is 528 g/mol. The molecule has 9 nitrogen and oxygen atoms in total. The maximum absolute atomic E-state index is 12.2. The van der Waals surface area contributed by atoms with Gasteiger partial charge in [0, 0.05) is 22.0 Å². The molecule has 1 amide bonds. The van der Waals surface area contributed by atoms with Gasteiger partial charge in [-0.1, -0.05) is 40.2 Å². The molecule has 0 unspecified atom stereocenters. The number of hydrogen-bond donors (Lipinski definition) is 1. The summed E-state index contributed by atoms with van der Waals surface area (Å²) in [5.41, 5.74) is 3.11. The highest BCUT2D eigenvalue weighted by Gasteiger charge is 2.14. The third-order valence-corrected chi connectivity index (χ3v) is 6.13. The number of carbonyl (C=O) groups is 2. The van der Waals surface area contributed by atoms with E-state index in [2.05, 4.69) is 26.2 Å². The lowest BCUT2D eigenvalue weighted by Gasteiger charge is -2.08. The van der Waals surface area contributed by atoms with Crippen molar-refractivity contribution in [2.45, 2.75) is 13.0 Å². The molecule has 4 aromatic rings. The number of imidazole rings is 1. The van der Waals surface area contributed by atoms with Crippen LogP contribution < -0.4 is 5.32 Å². The minimum Gasteiger partial charge on any atom is -0.455 e. The zero-order valence-electron chi connectivity index (χ0n) is 17.1. The van der Waals surface area contributed by atoms with E-state index in [0.717, 1.165) is 26.4 Å². The first-order valence-electron chi connectivity index (χ1n) is 9.76. The second-order valence-corrected chi connectivity index (χ2v) is 8.79. The fourth-order valence-corrected chi connectivity index (χ4v) is 4.35. The van der Waals surface area contributed by atoms with Crippen LogP contribution in [-0.4, -0.2) is 32.8 Å². The van der Waals surface area contributed by atoms with E-state index in [1.54, 1.807) is 12.3 Å². The van der Waals surface area contributed by atoms with E-state index in [1.165, 1.54) is 29.5 Å². The second kappa shape index (κ2) is 9.92. The lowest BCUT2D eigenvalue weighted by Crippen LogP contribution is -2.29. The van der Waals surface area contributed by atoms with Crippen molar-refractivity contribution in [2.24, 2.45) is 0 Å². The topological polar surface area (TPSA) is 116 Å². The van der Waals surface area contributed by atoms with E-state index >= 15 is 0 Å². The van der Waals surface area contributed by atoms with Crippen molar-refractivity contribution in [1.29, 1.82) is 0 Å². The molecule has 0 atom stereocenters. The Morgan fingerprint density at radius 1 is 1.21 bits per heavy atom. The van der Waals surface area contributed by atoms with Crippen molar-refractivity contribution in [3.05, 3.63) is 86.0 Å². The van der Waals surface area contributed by atoms with E-state index in [9.17, 15) is 19.7 Å². The van der Waals surface area contributed by atoms with Gasteiger partial charge in [0.1, 0.15) is 0 Å². The maximum atomic E-state index is 12.2. The van der Waals surface area contributed by atoms with Crippen molar-refractivity contribution in [3.8, 4) is 11.3 Å². The summed E-state index contributed by atoms with van der Waals surface area (Å²) in [6.07, 6.45) is 1.53. The normalized spacial score (nSPS) is 10.8. The number of fused-ring (bicyclic) bond motifs is 1. The van der Waals surface area contributed by atoms with Crippen LogP contribution in [0.3, 0.4) is 0 Å². The Balaban J connectivity index is 1.33. The van der Waals surface area contributed by atoms with E-state index in [-0.39, 0.29) is 18.7 Å². The number of carbonyl (C=O) groups excluding carboxylic acids is 2. The van der Waals surface area contributed by atoms with Gasteiger partial charge in [0.15, 0.2) is 11.6 Å². The number of hydrogen-bond acceptors (Lipinski definition) is 7. The molecule has 11 heteroatoms. The van der Waals surface area contributed by atoms with Gasteiger partial charge in [0.05, 0.1) is 35.5 Å². The van der Waals surface area contributed by atoms with Crippen LogP contribution in [0.4, 0.5) is 5.69 Å². The van der Waals surface area contributed by atoms with Gasteiger partial charge in [-0.3, -0.25) is 24.1 Å². The number of nitrogens with zero attached hydrogens (tertiary/aromatic N) is 3. The number of halogens is 1. The highest BCUT2D eigenvalue weighted by atomic mass is 79.9. The summed E-state index contributed by atoms with van der Waals surface area (Å²) in [6, 6.07) is 13.6. The number of non-ortho nitro benzene ring substituents is 1. The Morgan fingerprint density at radius 2 is 2.00 bits per heavy atom. The molecule has 0 saturated heterocycles. The molecule has 2 heterocycles. The number of nitro groups is 1. The number of ether oxygens (including phenoxy) is 1. The maximum Gasteiger partial charge on any atom is 0.310 e. The van der Waals surface area contributed by atoms with Gasteiger partial charge in [-0.25, -0.2) is 4.98 Å². The van der Waals surface area contributed by atoms with Gasteiger partial charge in [0.2, 0.25) is 0 Å². The van der Waals surface area contributed by atoms with Gasteiger partial charge in [-0.05, 0) is 23.3 Å². The fraction of sp³-hybridized carbons (Fsp3) is 0.136. The third-order valence-electron chi connectivity index (χ3n) is 4.76. The van der Waals surface area contributed by atoms with Crippen LogP contribution in [0, 0.1) is 10.1 Å². The number of rotatable bonds is 8. The molecule has 0 spiro atoms. The molecule has 0 saturated carbocycles. The third kappa shape index (κ3) is 5.44. The first-order chi connectivity index (χ1) is 15.9. The Labute approximate surface area is 200 Å². The summed E-state index contributed by atoms with van der Waals surface area (Å²) in [4.78, 5) is 39.7. The zero-order chi connectivity index (χ0) is 23.4. The summed E-state index contributed by atoms with van der Waals surface area (Å²) in [5, 5.41) is 15.6. The second-order valence-electron chi connectivity index (χ2n) is 7.04. The Morgan fingerprint density at radius 3 is 2.76 bits per heavy atom. The van der Waals surface area contributed by atoms with Crippen LogP contribution in [-0.2, 0) is 27.3 Å². The molecular weight excluding hydrogens is 512 g/mol. The number of aromatic nitrogens is 2. The molecule has 2 aromatic heterocycles. The summed E-state index contributed by atoms with van der Waals surface area (Å²) in [5.74, 6) is -1.11. The van der Waals surface area contributed by atoms with Crippen molar-refractivity contribution in [1.82, 2.24) is 14.7 Å². The van der Waals surface area contributed by atoms with Crippen molar-refractivity contribution < 1.29 is 19.2 Å². The summed E-state index contributed by atoms with van der Waals surface area (Å²) in [6.45, 7) is -0.235. The van der Waals surface area contributed by atoms with Gasteiger partial charge in [0.25, 0.3) is 11.6 Å². The number of nitrogens with one attached hydrogen (secondary N) is 1. The molecule has 0 fully saturated rings. The number of esters is 1. The molecule has 33 heavy (non-hydrogen) atoms. The minimum absolute atomic E-state index is 0.110. The molecule has 0 aliphatic carbocycles. The van der Waals surface area contributed by atoms with E-state index in [0.29, 0.717) is 5.56 Å². The average molecular weight is 529 g/mol. The van der Waals surface area contributed by atoms with Crippen LogP contribution in [0.25, 0.3) is 16.2 Å². The van der Waals surface area contributed by atoms with Crippen molar-refractivity contribution >= 4 is 49.8 Å². The molecular formula is C22H17BrN4O5S. The molecule has 2 aromatic carbocycles. The van der Waals surface area contributed by atoms with E-state index in [1.807, 2.05) is 34.0 Å². The van der Waals surface area contributed by atoms with Crippen LogP contribution in [0.1, 0.15) is 11.3 Å². The first-order valence-corrected chi connectivity index (χ1v) is 11.4. The quantitative estimate of drug-likeness (QED) is 0.209. The molecule has 168 valence electrons. The summed E-state index contributed by atoms with van der Waals surface area (Å²) >= 11 is 4.93. The molecule has 0 bridgehead atoms. The van der Waals surface area contributed by atoms with Gasteiger partial charge < -0.3 is 10.1 Å². The standard InChI is InChI=1S/C22H17BrN4O5S/c23-16-6-4-15(5-7-16)19-13-33-22-25-11-18(26(19)22)10-24-20(28)12-32-21(29)9-14-2-1-3-17(8-14)27(30)31/h1-8,11,13H,9-10,12H2,(H,24,28). The smallest absolute Gasteiger partial charge is 0.310 e. The van der Waals surface area contributed by atoms with Crippen molar-refractivity contribution in [2.75, 3.05) is 6.61 Å².